The third-order valence-electron chi connectivity index (χ3n) is 2.19. The molecule has 58 valence electrons. The van der Waals surface area contributed by atoms with Crippen molar-refractivity contribution in [3.8, 4) is 0 Å². The second-order valence-electron chi connectivity index (χ2n) is 3.23. The normalized spacial score (nSPS) is 21.1. The van der Waals surface area contributed by atoms with Crippen LogP contribution in [0.3, 0.4) is 0 Å². The molecule has 1 unspecified atom stereocenters. The van der Waals surface area contributed by atoms with Crippen molar-refractivity contribution >= 4 is 5.82 Å². The number of pyridine rings is 1. The molecule has 0 radical (unpaired) electrons. The highest BCUT2D eigenvalue weighted by Gasteiger charge is 2.23. The quantitative estimate of drug-likeness (QED) is 0.549. The molecule has 1 aliphatic rings. The molecular weight excluding hydrogens is 136 g/mol. The van der Waals surface area contributed by atoms with Crippen LogP contribution in [0.2, 0.25) is 0 Å². The van der Waals surface area contributed by atoms with Gasteiger partial charge in [0.15, 0.2) is 0 Å². The van der Waals surface area contributed by atoms with E-state index < -0.39 is 0 Å². The summed E-state index contributed by atoms with van der Waals surface area (Å²) < 4.78 is 2.27. The van der Waals surface area contributed by atoms with Crippen LogP contribution in [0.5, 0.6) is 0 Å². The summed E-state index contributed by atoms with van der Waals surface area (Å²) in [7, 11) is 0. The van der Waals surface area contributed by atoms with E-state index in [1.807, 2.05) is 0 Å². The van der Waals surface area contributed by atoms with Crippen molar-refractivity contribution in [3.05, 3.63) is 23.9 Å². The lowest BCUT2D eigenvalue weighted by Crippen LogP contribution is -2.34. The molecule has 2 heteroatoms. The van der Waals surface area contributed by atoms with Crippen molar-refractivity contribution in [2.75, 3.05) is 11.9 Å². The van der Waals surface area contributed by atoms with E-state index in [9.17, 15) is 0 Å². The van der Waals surface area contributed by atoms with Crippen molar-refractivity contribution in [1.82, 2.24) is 0 Å². The van der Waals surface area contributed by atoms with E-state index in [1.165, 1.54) is 11.4 Å². The average Bonchev–Trinajstić information content (AvgIpc) is 2.32. The highest BCUT2D eigenvalue weighted by atomic mass is 15.2. The number of anilines is 1. The molecule has 2 heterocycles. The number of hydrogen-bond acceptors (Lipinski definition) is 1. The molecule has 11 heavy (non-hydrogen) atoms. The van der Waals surface area contributed by atoms with Gasteiger partial charge in [-0.05, 0) is 25.5 Å². The summed E-state index contributed by atoms with van der Waals surface area (Å²) in [6, 6.07) is 4.93. The summed E-state index contributed by atoms with van der Waals surface area (Å²) >= 11 is 0. The van der Waals surface area contributed by atoms with Crippen molar-refractivity contribution < 1.29 is 4.57 Å². The number of nitrogens with one attached hydrogen (secondary N) is 1. The number of aromatic nitrogens is 1. The summed E-state index contributed by atoms with van der Waals surface area (Å²) in [6.07, 6.45) is 2.15. The molecule has 0 aromatic carbocycles. The molecule has 0 saturated carbocycles. The number of nitrogens with zero attached hydrogens (tertiary/aromatic N) is 1. The fourth-order valence-electron chi connectivity index (χ4n) is 1.49. The van der Waals surface area contributed by atoms with Crippen LogP contribution in [-0.2, 0) is 0 Å². The Hall–Kier alpha value is -1.05. The zero-order chi connectivity index (χ0) is 7.84. The van der Waals surface area contributed by atoms with E-state index in [2.05, 4.69) is 42.1 Å². The second-order valence-corrected chi connectivity index (χ2v) is 3.23. The molecule has 0 spiro atoms. The summed E-state index contributed by atoms with van der Waals surface area (Å²) in [5.41, 5.74) is 1.32. The Morgan fingerprint density at radius 2 is 2.45 bits per heavy atom. The first kappa shape index (κ1) is 6.65. The Labute approximate surface area is 66.9 Å². The molecule has 1 aromatic heterocycles. The second kappa shape index (κ2) is 2.22. The fraction of sp³-hybridized carbons (Fsp3) is 0.444. The summed E-state index contributed by atoms with van der Waals surface area (Å²) in [4.78, 5) is 0. The standard InChI is InChI=1S/C9H12N2/c1-7-3-4-11-8(2)6-10-9(11)5-7/h3-5,8H,6H2,1-2H3/p+1. The maximum Gasteiger partial charge on any atom is 0.275 e. The maximum atomic E-state index is 3.35. The number of hydrogen-bond donors (Lipinski definition) is 1. The smallest absolute Gasteiger partial charge is 0.270 e. The van der Waals surface area contributed by atoms with E-state index in [0.717, 1.165) is 6.54 Å². The van der Waals surface area contributed by atoms with Crippen LogP contribution in [-0.4, -0.2) is 6.54 Å². The van der Waals surface area contributed by atoms with Crippen LogP contribution in [0.4, 0.5) is 5.82 Å². The van der Waals surface area contributed by atoms with E-state index in [4.69, 9.17) is 0 Å². The van der Waals surface area contributed by atoms with E-state index in [-0.39, 0.29) is 0 Å². The summed E-state index contributed by atoms with van der Waals surface area (Å²) in [6.45, 7) is 5.40. The van der Waals surface area contributed by atoms with Crippen LogP contribution in [0, 0.1) is 6.92 Å². The van der Waals surface area contributed by atoms with Gasteiger partial charge in [0.25, 0.3) is 5.82 Å². The minimum Gasteiger partial charge on any atom is -0.270 e. The van der Waals surface area contributed by atoms with Gasteiger partial charge in [-0.3, -0.25) is 5.32 Å². The van der Waals surface area contributed by atoms with Gasteiger partial charge < -0.3 is 0 Å². The van der Waals surface area contributed by atoms with Gasteiger partial charge in [0.1, 0.15) is 12.6 Å². The van der Waals surface area contributed by atoms with Crippen LogP contribution < -0.4 is 9.88 Å². The maximum absolute atomic E-state index is 3.35. The molecule has 1 aliphatic heterocycles. The number of aryl methyl sites for hydroxylation is 1. The molecule has 1 N–H and O–H groups in total. The van der Waals surface area contributed by atoms with Gasteiger partial charge in [-0.2, -0.15) is 0 Å². The largest absolute Gasteiger partial charge is 0.275 e. The third kappa shape index (κ3) is 0.985. The lowest BCUT2D eigenvalue weighted by Gasteiger charge is -1.99. The molecule has 2 rings (SSSR count). The minimum atomic E-state index is 0.602. The zero-order valence-electron chi connectivity index (χ0n) is 6.96. The van der Waals surface area contributed by atoms with Gasteiger partial charge in [-0.15, -0.1) is 0 Å². The first-order chi connectivity index (χ1) is 5.27. The van der Waals surface area contributed by atoms with Crippen LogP contribution in [0.25, 0.3) is 0 Å². The molecule has 0 saturated heterocycles. The Balaban J connectivity index is 2.50. The first-order valence-electron chi connectivity index (χ1n) is 4.03. The minimum absolute atomic E-state index is 0.602. The van der Waals surface area contributed by atoms with Gasteiger partial charge >= 0.3 is 0 Å². The van der Waals surface area contributed by atoms with Crippen molar-refractivity contribution in [1.29, 1.82) is 0 Å². The van der Waals surface area contributed by atoms with Crippen LogP contribution in [0.1, 0.15) is 18.5 Å². The Kier molecular flexibility index (Phi) is 1.34. The Morgan fingerprint density at radius 1 is 1.64 bits per heavy atom. The van der Waals surface area contributed by atoms with E-state index in [0.29, 0.717) is 6.04 Å². The molecule has 2 nitrogen and oxygen atoms in total. The predicted octanol–water partition coefficient (Wildman–Crippen LogP) is 1.27. The molecule has 0 bridgehead atoms. The lowest BCUT2D eigenvalue weighted by atomic mass is 10.3. The van der Waals surface area contributed by atoms with Gasteiger partial charge in [0, 0.05) is 6.07 Å². The molecule has 1 aromatic rings. The molecule has 1 atom stereocenters. The van der Waals surface area contributed by atoms with Gasteiger partial charge in [0.2, 0.25) is 0 Å². The van der Waals surface area contributed by atoms with Gasteiger partial charge in [-0.25, -0.2) is 4.57 Å². The topological polar surface area (TPSA) is 15.9 Å². The van der Waals surface area contributed by atoms with Crippen LogP contribution >= 0.6 is 0 Å². The van der Waals surface area contributed by atoms with Crippen LogP contribution in [0.15, 0.2) is 18.3 Å². The molecule has 0 aliphatic carbocycles. The summed E-state index contributed by atoms with van der Waals surface area (Å²) in [5, 5.41) is 3.35. The predicted molar refractivity (Wildman–Crippen MR) is 44.6 cm³/mol. The van der Waals surface area contributed by atoms with Gasteiger partial charge in [0.05, 0.1) is 6.20 Å². The molecule has 0 amide bonds. The van der Waals surface area contributed by atoms with E-state index in [1.54, 1.807) is 0 Å². The molecular formula is C9H13N2+. The Bertz CT molecular complexity index is 281. The first-order valence-corrected chi connectivity index (χ1v) is 4.03. The van der Waals surface area contributed by atoms with Crippen molar-refractivity contribution in [2.24, 2.45) is 0 Å². The number of rotatable bonds is 0. The highest BCUT2D eigenvalue weighted by Crippen LogP contribution is 2.13. The fourth-order valence-corrected chi connectivity index (χ4v) is 1.49. The molecule has 0 fully saturated rings. The Morgan fingerprint density at radius 3 is 3.27 bits per heavy atom. The SMILES string of the molecule is Cc1cc[n+]2c(c1)NCC2C. The van der Waals surface area contributed by atoms with Crippen molar-refractivity contribution in [2.45, 2.75) is 19.9 Å². The summed E-state index contributed by atoms with van der Waals surface area (Å²) in [5.74, 6) is 1.25. The average molecular weight is 149 g/mol. The third-order valence-corrected chi connectivity index (χ3v) is 2.19. The number of fused-ring (bicyclic) bond motifs is 1. The van der Waals surface area contributed by atoms with Gasteiger partial charge in [-0.1, -0.05) is 0 Å². The lowest BCUT2D eigenvalue weighted by molar-refractivity contribution is -0.693. The monoisotopic (exact) mass is 149 g/mol. The van der Waals surface area contributed by atoms with E-state index >= 15 is 0 Å². The zero-order valence-corrected chi connectivity index (χ0v) is 6.96. The van der Waals surface area contributed by atoms with Crippen molar-refractivity contribution in [3.63, 3.8) is 0 Å². The highest BCUT2D eigenvalue weighted by molar-refractivity contribution is 5.33.